The van der Waals surface area contributed by atoms with Crippen LogP contribution in [0.2, 0.25) is 0 Å². The van der Waals surface area contributed by atoms with E-state index in [4.69, 9.17) is 0 Å². The molecule has 3 aliphatic carbocycles. The number of hydrogen-bond donors (Lipinski definition) is 1. The van der Waals surface area contributed by atoms with Crippen LogP contribution in [-0.4, -0.2) is 18.2 Å². The van der Waals surface area contributed by atoms with Gasteiger partial charge in [-0.2, -0.15) is 0 Å². The van der Waals surface area contributed by atoms with E-state index < -0.39 is 0 Å². The Labute approximate surface area is 102 Å². The minimum Gasteiger partial charge on any atom is -0.349 e. The number of aldehydes is 1. The zero-order chi connectivity index (χ0) is 12.0. The lowest BCUT2D eigenvalue weighted by atomic mass is 9.80. The molecule has 17 heavy (non-hydrogen) atoms. The standard InChI is InChI=1S/C14H19NO2/c1-2-12(17)15-14-10(7-16)6-11-8-3-4-9(5-8)13(11)14/h2,7-11,13-14H,1,3-6H2,(H,15,17). The van der Waals surface area contributed by atoms with Crippen molar-refractivity contribution in [3.05, 3.63) is 12.7 Å². The van der Waals surface area contributed by atoms with E-state index in [0.717, 1.165) is 24.5 Å². The Hall–Kier alpha value is -1.12. The third kappa shape index (κ3) is 1.55. The topological polar surface area (TPSA) is 46.2 Å². The van der Waals surface area contributed by atoms with Gasteiger partial charge in [0.2, 0.25) is 5.91 Å². The quantitative estimate of drug-likeness (QED) is 0.593. The Kier molecular flexibility index (Phi) is 2.57. The molecule has 0 radical (unpaired) electrons. The maximum absolute atomic E-state index is 11.5. The Balaban J connectivity index is 1.81. The molecule has 3 fully saturated rings. The lowest BCUT2D eigenvalue weighted by Crippen LogP contribution is -2.43. The van der Waals surface area contributed by atoms with E-state index in [1.807, 2.05) is 0 Å². The van der Waals surface area contributed by atoms with Crippen LogP contribution in [0.25, 0.3) is 0 Å². The molecule has 92 valence electrons. The minimum absolute atomic E-state index is 0.0253. The highest BCUT2D eigenvalue weighted by atomic mass is 16.1. The van der Waals surface area contributed by atoms with Crippen molar-refractivity contribution in [2.45, 2.75) is 31.7 Å². The first kappa shape index (κ1) is 11.0. The van der Waals surface area contributed by atoms with Crippen molar-refractivity contribution < 1.29 is 9.59 Å². The fraction of sp³-hybridized carbons (Fsp3) is 0.714. The van der Waals surface area contributed by atoms with E-state index >= 15 is 0 Å². The van der Waals surface area contributed by atoms with Crippen LogP contribution in [-0.2, 0) is 9.59 Å². The Bertz CT molecular complexity index is 365. The first-order valence-electron chi connectivity index (χ1n) is 6.62. The highest BCUT2D eigenvalue weighted by molar-refractivity contribution is 5.87. The molecule has 0 aromatic heterocycles. The van der Waals surface area contributed by atoms with Gasteiger partial charge in [0.15, 0.2) is 0 Å². The molecule has 3 nitrogen and oxygen atoms in total. The van der Waals surface area contributed by atoms with Gasteiger partial charge < -0.3 is 10.1 Å². The van der Waals surface area contributed by atoms with Crippen molar-refractivity contribution in [3.8, 4) is 0 Å². The van der Waals surface area contributed by atoms with Crippen molar-refractivity contribution in [1.29, 1.82) is 0 Å². The maximum Gasteiger partial charge on any atom is 0.243 e. The second kappa shape index (κ2) is 3.97. The van der Waals surface area contributed by atoms with E-state index in [0.29, 0.717) is 11.8 Å². The molecule has 6 unspecified atom stereocenters. The molecule has 2 bridgehead atoms. The van der Waals surface area contributed by atoms with Crippen molar-refractivity contribution in [3.63, 3.8) is 0 Å². The van der Waals surface area contributed by atoms with E-state index in [2.05, 4.69) is 11.9 Å². The Morgan fingerprint density at radius 3 is 2.71 bits per heavy atom. The highest BCUT2D eigenvalue weighted by Crippen LogP contribution is 2.59. The third-order valence-corrected chi connectivity index (χ3v) is 5.25. The van der Waals surface area contributed by atoms with Gasteiger partial charge in [0, 0.05) is 12.0 Å². The molecule has 6 atom stereocenters. The van der Waals surface area contributed by atoms with Crippen LogP contribution in [0.1, 0.15) is 25.7 Å². The molecule has 0 saturated heterocycles. The summed E-state index contributed by atoms with van der Waals surface area (Å²) in [4.78, 5) is 22.7. The Morgan fingerprint density at radius 2 is 2.00 bits per heavy atom. The van der Waals surface area contributed by atoms with Crippen LogP contribution in [0.4, 0.5) is 0 Å². The molecule has 1 amide bonds. The fourth-order valence-electron chi connectivity index (χ4n) is 4.68. The lowest BCUT2D eigenvalue weighted by molar-refractivity contribution is -0.118. The summed E-state index contributed by atoms with van der Waals surface area (Å²) in [5.41, 5.74) is 0. The largest absolute Gasteiger partial charge is 0.349 e. The van der Waals surface area contributed by atoms with Gasteiger partial charge in [-0.1, -0.05) is 6.58 Å². The number of carbonyl (C=O) groups excluding carboxylic acids is 2. The van der Waals surface area contributed by atoms with Crippen LogP contribution in [0.15, 0.2) is 12.7 Å². The van der Waals surface area contributed by atoms with Crippen LogP contribution in [0.5, 0.6) is 0 Å². The summed E-state index contributed by atoms with van der Waals surface area (Å²) >= 11 is 0. The molecule has 0 aliphatic heterocycles. The summed E-state index contributed by atoms with van der Waals surface area (Å²) < 4.78 is 0. The summed E-state index contributed by atoms with van der Waals surface area (Å²) in [5.74, 6) is 2.68. The summed E-state index contributed by atoms with van der Waals surface area (Å²) in [6.45, 7) is 3.49. The van der Waals surface area contributed by atoms with E-state index in [1.165, 1.54) is 25.3 Å². The molecule has 1 N–H and O–H groups in total. The molecule has 3 saturated carbocycles. The van der Waals surface area contributed by atoms with E-state index in [9.17, 15) is 9.59 Å². The highest BCUT2D eigenvalue weighted by Gasteiger charge is 2.56. The summed E-state index contributed by atoms with van der Waals surface area (Å²) in [6, 6.07) is 0.0679. The number of carbonyl (C=O) groups is 2. The SMILES string of the molecule is C=CC(=O)NC1C(C=O)CC2C3CCC(C3)C21. The number of fused-ring (bicyclic) bond motifs is 5. The van der Waals surface area contributed by atoms with Crippen molar-refractivity contribution in [1.82, 2.24) is 5.32 Å². The fourth-order valence-corrected chi connectivity index (χ4v) is 4.68. The molecule has 3 aliphatic rings. The first-order chi connectivity index (χ1) is 8.24. The molecule has 0 spiro atoms. The van der Waals surface area contributed by atoms with Crippen molar-refractivity contribution in [2.75, 3.05) is 0 Å². The maximum atomic E-state index is 11.5. The molecule has 3 rings (SSSR count). The molecule has 0 aromatic rings. The number of hydrogen-bond acceptors (Lipinski definition) is 2. The van der Waals surface area contributed by atoms with Gasteiger partial charge in [-0.05, 0) is 55.4 Å². The van der Waals surface area contributed by atoms with Gasteiger partial charge in [-0.3, -0.25) is 4.79 Å². The predicted molar refractivity (Wildman–Crippen MR) is 64.1 cm³/mol. The third-order valence-electron chi connectivity index (χ3n) is 5.25. The summed E-state index contributed by atoms with van der Waals surface area (Å²) in [7, 11) is 0. The molecular formula is C14H19NO2. The van der Waals surface area contributed by atoms with Gasteiger partial charge in [-0.15, -0.1) is 0 Å². The molecule has 0 aromatic carbocycles. The zero-order valence-electron chi connectivity index (χ0n) is 9.97. The lowest BCUT2D eigenvalue weighted by Gasteiger charge is -2.29. The second-order valence-electron chi connectivity index (χ2n) is 5.85. The van der Waals surface area contributed by atoms with Gasteiger partial charge in [-0.25, -0.2) is 0 Å². The van der Waals surface area contributed by atoms with Gasteiger partial charge in [0.25, 0.3) is 0 Å². The molecule has 0 heterocycles. The summed E-state index contributed by atoms with van der Waals surface area (Å²) in [6.07, 6.45) is 7.28. The van der Waals surface area contributed by atoms with Gasteiger partial charge >= 0.3 is 0 Å². The number of amides is 1. The minimum atomic E-state index is -0.134. The Morgan fingerprint density at radius 1 is 1.24 bits per heavy atom. The van der Waals surface area contributed by atoms with Gasteiger partial charge in [0.1, 0.15) is 6.29 Å². The first-order valence-corrected chi connectivity index (χ1v) is 6.62. The van der Waals surface area contributed by atoms with E-state index in [-0.39, 0.29) is 17.9 Å². The number of rotatable bonds is 3. The zero-order valence-corrected chi connectivity index (χ0v) is 9.97. The van der Waals surface area contributed by atoms with Crippen LogP contribution in [0, 0.1) is 29.6 Å². The second-order valence-corrected chi connectivity index (χ2v) is 5.85. The predicted octanol–water partition coefficient (Wildman–Crippen LogP) is 1.54. The average Bonchev–Trinajstić information content (AvgIpc) is 3.00. The summed E-state index contributed by atoms with van der Waals surface area (Å²) in [5, 5.41) is 3.00. The van der Waals surface area contributed by atoms with Crippen LogP contribution < -0.4 is 5.32 Å². The van der Waals surface area contributed by atoms with Crippen LogP contribution >= 0.6 is 0 Å². The smallest absolute Gasteiger partial charge is 0.243 e. The normalized spacial score (nSPS) is 46.6. The molecular weight excluding hydrogens is 214 g/mol. The average molecular weight is 233 g/mol. The monoisotopic (exact) mass is 233 g/mol. The van der Waals surface area contributed by atoms with Crippen LogP contribution in [0.3, 0.4) is 0 Å². The molecule has 3 heteroatoms. The van der Waals surface area contributed by atoms with Gasteiger partial charge in [0.05, 0.1) is 0 Å². The van der Waals surface area contributed by atoms with Crippen molar-refractivity contribution in [2.24, 2.45) is 29.6 Å². The number of nitrogens with one attached hydrogen (secondary N) is 1. The van der Waals surface area contributed by atoms with Crippen molar-refractivity contribution >= 4 is 12.2 Å². The van der Waals surface area contributed by atoms with E-state index in [1.54, 1.807) is 0 Å².